The number of nitrogens with zero attached hydrogens (tertiary/aromatic N) is 4. The highest BCUT2D eigenvalue weighted by Crippen LogP contribution is 2.28. The fraction of sp³-hybridized carbons (Fsp3) is 1.00. The molecule has 0 aliphatic carbocycles. The number of ether oxygens (including phenoxy) is 1. The van der Waals surface area contributed by atoms with Crippen molar-refractivity contribution in [2.75, 3.05) is 39.4 Å². The Bertz CT molecular complexity index is 239. The summed E-state index contributed by atoms with van der Waals surface area (Å²) in [6.07, 6.45) is 1.24. The van der Waals surface area contributed by atoms with Gasteiger partial charge >= 0.3 is 0 Å². The first-order valence-corrected chi connectivity index (χ1v) is 5.21. The molecule has 14 heavy (non-hydrogen) atoms. The lowest BCUT2D eigenvalue weighted by Gasteiger charge is -2.33. The van der Waals surface area contributed by atoms with Crippen molar-refractivity contribution in [3.05, 3.63) is 10.4 Å². The van der Waals surface area contributed by atoms with Gasteiger partial charge in [-0.05, 0) is 24.4 Å². The first-order valence-electron chi connectivity index (χ1n) is 5.21. The third-order valence-corrected chi connectivity index (χ3v) is 3.22. The van der Waals surface area contributed by atoms with Gasteiger partial charge in [0, 0.05) is 37.1 Å². The minimum absolute atomic E-state index is 0.592. The van der Waals surface area contributed by atoms with Crippen molar-refractivity contribution in [1.29, 1.82) is 0 Å². The highest BCUT2D eigenvalue weighted by atomic mass is 16.5. The van der Waals surface area contributed by atoms with Gasteiger partial charge < -0.3 is 9.64 Å². The van der Waals surface area contributed by atoms with Gasteiger partial charge in [-0.15, -0.1) is 0 Å². The van der Waals surface area contributed by atoms with Crippen LogP contribution < -0.4 is 0 Å². The van der Waals surface area contributed by atoms with Gasteiger partial charge in [0.25, 0.3) is 0 Å². The van der Waals surface area contributed by atoms with E-state index in [2.05, 4.69) is 14.9 Å². The Morgan fingerprint density at radius 2 is 2.29 bits per heavy atom. The molecule has 2 saturated heterocycles. The van der Waals surface area contributed by atoms with Gasteiger partial charge in [0.1, 0.15) is 0 Å². The van der Waals surface area contributed by atoms with Gasteiger partial charge in [-0.2, -0.15) is 0 Å². The van der Waals surface area contributed by atoms with E-state index in [9.17, 15) is 0 Å². The molecule has 0 aromatic heterocycles. The molecule has 0 aromatic rings. The standard InChI is InChI=1S/C9H16N4O/c10-12-11-2-4-13-3-1-8-6-14-7-9(8)5-13/h8-9H,1-7H2/t8-,9+/m1/s1. The fourth-order valence-corrected chi connectivity index (χ4v) is 2.37. The van der Waals surface area contributed by atoms with Crippen molar-refractivity contribution in [2.24, 2.45) is 17.0 Å². The zero-order valence-electron chi connectivity index (χ0n) is 8.30. The number of piperidine rings is 1. The Morgan fingerprint density at radius 3 is 3.14 bits per heavy atom. The summed E-state index contributed by atoms with van der Waals surface area (Å²) in [5, 5.41) is 3.56. The average Bonchev–Trinajstić information content (AvgIpc) is 2.65. The molecule has 0 N–H and O–H groups in total. The minimum Gasteiger partial charge on any atom is -0.381 e. The van der Waals surface area contributed by atoms with Crippen molar-refractivity contribution in [2.45, 2.75) is 6.42 Å². The maximum Gasteiger partial charge on any atom is 0.0510 e. The van der Waals surface area contributed by atoms with Crippen molar-refractivity contribution < 1.29 is 4.74 Å². The second-order valence-electron chi connectivity index (χ2n) is 4.10. The van der Waals surface area contributed by atoms with Crippen LogP contribution in [0.2, 0.25) is 0 Å². The van der Waals surface area contributed by atoms with E-state index in [1.807, 2.05) is 0 Å². The molecule has 0 radical (unpaired) electrons. The van der Waals surface area contributed by atoms with Gasteiger partial charge in [0.15, 0.2) is 0 Å². The number of hydrogen-bond acceptors (Lipinski definition) is 3. The summed E-state index contributed by atoms with van der Waals surface area (Å²) in [4.78, 5) is 5.14. The third-order valence-electron chi connectivity index (χ3n) is 3.22. The van der Waals surface area contributed by atoms with Crippen LogP contribution in [-0.2, 0) is 4.74 Å². The lowest BCUT2D eigenvalue weighted by Crippen LogP contribution is -2.41. The Labute approximate surface area is 83.7 Å². The molecule has 0 unspecified atom stereocenters. The summed E-state index contributed by atoms with van der Waals surface area (Å²) in [6, 6.07) is 0. The summed E-state index contributed by atoms with van der Waals surface area (Å²) < 4.78 is 5.46. The van der Waals surface area contributed by atoms with Gasteiger partial charge in [-0.25, -0.2) is 0 Å². The first kappa shape index (κ1) is 9.77. The van der Waals surface area contributed by atoms with E-state index in [0.29, 0.717) is 6.54 Å². The van der Waals surface area contributed by atoms with Crippen molar-refractivity contribution in [3.8, 4) is 0 Å². The number of likely N-dealkylation sites (tertiary alicyclic amines) is 1. The lowest BCUT2D eigenvalue weighted by atomic mass is 9.89. The van der Waals surface area contributed by atoms with E-state index >= 15 is 0 Å². The van der Waals surface area contributed by atoms with Crippen molar-refractivity contribution in [1.82, 2.24) is 4.90 Å². The van der Waals surface area contributed by atoms with E-state index in [4.69, 9.17) is 10.3 Å². The molecule has 5 heteroatoms. The summed E-state index contributed by atoms with van der Waals surface area (Å²) in [7, 11) is 0. The van der Waals surface area contributed by atoms with Crippen molar-refractivity contribution >= 4 is 0 Å². The molecule has 0 amide bonds. The molecule has 78 valence electrons. The van der Waals surface area contributed by atoms with E-state index in [1.165, 1.54) is 6.42 Å². The maximum absolute atomic E-state index is 8.17. The second kappa shape index (κ2) is 4.64. The predicted octanol–water partition coefficient (Wildman–Crippen LogP) is 1.27. The highest BCUT2D eigenvalue weighted by molar-refractivity contribution is 4.83. The zero-order chi connectivity index (χ0) is 9.80. The van der Waals surface area contributed by atoms with Gasteiger partial charge in [0.2, 0.25) is 0 Å². The number of hydrogen-bond donors (Lipinski definition) is 0. The van der Waals surface area contributed by atoms with Crippen LogP contribution in [0.25, 0.3) is 10.4 Å². The average molecular weight is 196 g/mol. The molecule has 2 fully saturated rings. The molecule has 5 nitrogen and oxygen atoms in total. The predicted molar refractivity (Wildman–Crippen MR) is 52.9 cm³/mol. The smallest absolute Gasteiger partial charge is 0.0510 e. The molecular formula is C9H16N4O. The minimum atomic E-state index is 0.592. The third kappa shape index (κ3) is 2.18. The molecule has 0 aromatic carbocycles. The van der Waals surface area contributed by atoms with Crippen LogP contribution >= 0.6 is 0 Å². The normalized spacial score (nSPS) is 32.3. The molecule has 2 aliphatic heterocycles. The molecule has 2 heterocycles. The topological polar surface area (TPSA) is 61.2 Å². The fourth-order valence-electron chi connectivity index (χ4n) is 2.37. The molecule has 2 aliphatic rings. The Balaban J connectivity index is 1.76. The van der Waals surface area contributed by atoms with Crippen LogP contribution in [0.1, 0.15) is 6.42 Å². The summed E-state index contributed by atoms with van der Waals surface area (Å²) >= 11 is 0. The number of rotatable bonds is 3. The van der Waals surface area contributed by atoms with E-state index in [-0.39, 0.29) is 0 Å². The molecule has 2 rings (SSSR count). The van der Waals surface area contributed by atoms with Gasteiger partial charge in [0.05, 0.1) is 6.61 Å². The van der Waals surface area contributed by atoms with Crippen LogP contribution in [0.4, 0.5) is 0 Å². The van der Waals surface area contributed by atoms with Crippen LogP contribution in [0, 0.1) is 11.8 Å². The lowest BCUT2D eigenvalue weighted by molar-refractivity contribution is 0.150. The van der Waals surface area contributed by atoms with Crippen LogP contribution in [0.5, 0.6) is 0 Å². The Kier molecular flexibility index (Phi) is 3.24. The van der Waals surface area contributed by atoms with Crippen molar-refractivity contribution in [3.63, 3.8) is 0 Å². The molecule has 0 bridgehead atoms. The van der Waals surface area contributed by atoms with Crippen LogP contribution in [0.3, 0.4) is 0 Å². The molecule has 0 saturated carbocycles. The van der Waals surface area contributed by atoms with Gasteiger partial charge in [-0.1, -0.05) is 5.11 Å². The highest BCUT2D eigenvalue weighted by Gasteiger charge is 2.33. The summed E-state index contributed by atoms with van der Waals surface area (Å²) in [5.74, 6) is 1.50. The SMILES string of the molecule is [N-]=[N+]=NCCN1CC[C@@H]2COC[C@@H]2C1. The molecule has 0 spiro atoms. The Morgan fingerprint density at radius 1 is 1.43 bits per heavy atom. The van der Waals surface area contributed by atoms with Crippen LogP contribution in [-0.4, -0.2) is 44.3 Å². The number of azide groups is 1. The Hall–Kier alpha value is -0.770. The number of fused-ring (bicyclic) bond motifs is 1. The van der Waals surface area contributed by atoms with E-state index in [1.54, 1.807) is 0 Å². The van der Waals surface area contributed by atoms with Crippen LogP contribution in [0.15, 0.2) is 5.11 Å². The van der Waals surface area contributed by atoms with Gasteiger partial charge in [-0.3, -0.25) is 0 Å². The summed E-state index contributed by atoms with van der Waals surface area (Å²) in [6.45, 7) is 5.61. The second-order valence-corrected chi connectivity index (χ2v) is 4.10. The summed E-state index contributed by atoms with van der Waals surface area (Å²) in [5.41, 5.74) is 8.17. The first-order chi connectivity index (χ1) is 6.90. The monoisotopic (exact) mass is 196 g/mol. The molecule has 2 atom stereocenters. The zero-order valence-corrected chi connectivity index (χ0v) is 8.30. The quantitative estimate of drug-likeness (QED) is 0.387. The maximum atomic E-state index is 8.17. The van der Waals surface area contributed by atoms with E-state index < -0.39 is 0 Å². The largest absolute Gasteiger partial charge is 0.381 e. The molecular weight excluding hydrogens is 180 g/mol. The van der Waals surface area contributed by atoms with E-state index in [0.717, 1.165) is 44.7 Å².